The lowest BCUT2D eigenvalue weighted by atomic mass is 9.76. The maximum absolute atomic E-state index is 14.0. The van der Waals surface area contributed by atoms with Crippen LogP contribution >= 0.6 is 0 Å². The highest BCUT2D eigenvalue weighted by molar-refractivity contribution is 5.80. The Morgan fingerprint density at radius 1 is 1.47 bits per heavy atom. The van der Waals surface area contributed by atoms with Gasteiger partial charge in [0.05, 0.1) is 0 Å². The van der Waals surface area contributed by atoms with Crippen molar-refractivity contribution in [1.29, 1.82) is 0 Å². The molecule has 0 radical (unpaired) electrons. The molecule has 0 heterocycles. The van der Waals surface area contributed by atoms with Crippen molar-refractivity contribution < 1.29 is 14.3 Å². The molecule has 3 N–H and O–H groups in total. The van der Waals surface area contributed by atoms with E-state index in [0.29, 0.717) is 5.56 Å². The van der Waals surface area contributed by atoms with Crippen LogP contribution in [0.3, 0.4) is 0 Å². The van der Waals surface area contributed by atoms with E-state index in [0.717, 1.165) is 6.07 Å². The van der Waals surface area contributed by atoms with Crippen molar-refractivity contribution in [2.45, 2.75) is 32.7 Å². The first kappa shape index (κ1) is 15.2. The van der Waals surface area contributed by atoms with E-state index in [4.69, 9.17) is 12.2 Å². The average molecular weight is 263 g/mol. The maximum atomic E-state index is 14.0. The van der Waals surface area contributed by atoms with Crippen LogP contribution in [0.15, 0.2) is 18.2 Å². The van der Waals surface area contributed by atoms with Crippen molar-refractivity contribution in [3.8, 4) is 12.3 Å². The van der Waals surface area contributed by atoms with Crippen LogP contribution in [0.5, 0.6) is 0 Å². The van der Waals surface area contributed by atoms with Gasteiger partial charge in [-0.15, -0.1) is 6.42 Å². The number of hydrogen-bond acceptors (Lipinski definition) is 2. The maximum Gasteiger partial charge on any atom is 0.328 e. The van der Waals surface area contributed by atoms with Crippen LogP contribution in [0.1, 0.15) is 38.3 Å². The molecule has 1 aromatic rings. The lowest BCUT2D eigenvalue weighted by molar-refractivity contribution is -0.145. The molecule has 0 aliphatic carbocycles. The molecule has 19 heavy (non-hydrogen) atoms. The Morgan fingerprint density at radius 2 is 2.05 bits per heavy atom. The number of carboxylic acid groups (broad SMARTS) is 1. The van der Waals surface area contributed by atoms with Crippen molar-refractivity contribution >= 4 is 5.97 Å². The van der Waals surface area contributed by atoms with E-state index in [-0.39, 0.29) is 17.4 Å². The van der Waals surface area contributed by atoms with Gasteiger partial charge >= 0.3 is 5.97 Å². The fourth-order valence-corrected chi connectivity index (χ4v) is 2.09. The summed E-state index contributed by atoms with van der Waals surface area (Å²) in [4.78, 5) is 11.5. The standard InChI is InChI=1S/C15H18FNO2/c1-5-10-6-7-11(12(16)8-10)15(17,13(18)19)9-14(2,3)4/h1,6-8H,9,17H2,2-4H3,(H,18,19). The second kappa shape index (κ2) is 5.02. The molecule has 1 rings (SSSR count). The molecule has 0 spiro atoms. The highest BCUT2D eigenvalue weighted by Gasteiger charge is 2.41. The SMILES string of the molecule is C#Cc1ccc(C(N)(CC(C)(C)C)C(=O)O)c(F)c1. The van der Waals surface area contributed by atoms with E-state index in [1.807, 2.05) is 20.8 Å². The number of carboxylic acids is 1. The lowest BCUT2D eigenvalue weighted by Crippen LogP contribution is -2.48. The topological polar surface area (TPSA) is 63.3 Å². The van der Waals surface area contributed by atoms with Gasteiger partial charge in [0.1, 0.15) is 11.4 Å². The summed E-state index contributed by atoms with van der Waals surface area (Å²) in [6.45, 7) is 5.56. The predicted molar refractivity (Wildman–Crippen MR) is 71.9 cm³/mol. The van der Waals surface area contributed by atoms with E-state index >= 15 is 0 Å². The Hall–Kier alpha value is -1.86. The largest absolute Gasteiger partial charge is 0.480 e. The van der Waals surface area contributed by atoms with Crippen LogP contribution in [-0.4, -0.2) is 11.1 Å². The molecular weight excluding hydrogens is 245 g/mol. The Kier molecular flexibility index (Phi) is 4.02. The van der Waals surface area contributed by atoms with E-state index < -0.39 is 17.3 Å². The molecule has 0 bridgehead atoms. The van der Waals surface area contributed by atoms with Gasteiger partial charge in [-0.25, -0.2) is 9.18 Å². The summed E-state index contributed by atoms with van der Waals surface area (Å²) >= 11 is 0. The third-order valence-electron chi connectivity index (χ3n) is 2.81. The highest BCUT2D eigenvalue weighted by atomic mass is 19.1. The Balaban J connectivity index is 3.36. The van der Waals surface area contributed by atoms with Gasteiger partial charge in [0.25, 0.3) is 0 Å². The number of benzene rings is 1. The molecule has 1 unspecified atom stereocenters. The third-order valence-corrected chi connectivity index (χ3v) is 2.81. The predicted octanol–water partition coefficient (Wildman–Crippen LogP) is 2.48. The summed E-state index contributed by atoms with van der Waals surface area (Å²) in [6.07, 6.45) is 5.29. The second-order valence-corrected chi connectivity index (χ2v) is 5.85. The first-order chi connectivity index (χ1) is 8.60. The molecule has 0 saturated carbocycles. The van der Waals surface area contributed by atoms with Crippen molar-refractivity contribution in [3.63, 3.8) is 0 Å². The van der Waals surface area contributed by atoms with Gasteiger partial charge in [-0.2, -0.15) is 0 Å². The van der Waals surface area contributed by atoms with Gasteiger partial charge in [0.15, 0.2) is 0 Å². The summed E-state index contributed by atoms with van der Waals surface area (Å²) in [5, 5.41) is 9.37. The van der Waals surface area contributed by atoms with Crippen LogP contribution in [0, 0.1) is 23.6 Å². The fraction of sp³-hybridized carbons (Fsp3) is 0.400. The molecule has 0 fully saturated rings. The lowest BCUT2D eigenvalue weighted by Gasteiger charge is -2.32. The summed E-state index contributed by atoms with van der Waals surface area (Å²) < 4.78 is 14.0. The number of nitrogens with two attached hydrogens (primary N) is 1. The molecule has 1 aromatic carbocycles. The normalized spacial score (nSPS) is 14.5. The number of carbonyl (C=O) groups is 1. The van der Waals surface area contributed by atoms with Crippen LogP contribution in [0.25, 0.3) is 0 Å². The fourth-order valence-electron chi connectivity index (χ4n) is 2.09. The average Bonchev–Trinajstić information content (AvgIpc) is 2.25. The first-order valence-corrected chi connectivity index (χ1v) is 5.89. The molecule has 102 valence electrons. The Morgan fingerprint density at radius 3 is 2.42 bits per heavy atom. The van der Waals surface area contributed by atoms with Crippen LogP contribution < -0.4 is 5.73 Å². The minimum atomic E-state index is -1.77. The molecular formula is C15H18FNO2. The third kappa shape index (κ3) is 3.33. The molecule has 1 atom stereocenters. The zero-order valence-electron chi connectivity index (χ0n) is 11.3. The van der Waals surface area contributed by atoms with Crippen LogP contribution in [0.4, 0.5) is 4.39 Å². The van der Waals surface area contributed by atoms with Gasteiger partial charge < -0.3 is 10.8 Å². The molecule has 4 heteroatoms. The second-order valence-electron chi connectivity index (χ2n) is 5.85. The van der Waals surface area contributed by atoms with Crippen molar-refractivity contribution in [2.24, 2.45) is 11.1 Å². The van der Waals surface area contributed by atoms with E-state index in [1.54, 1.807) is 0 Å². The molecule has 0 saturated heterocycles. The number of hydrogen-bond donors (Lipinski definition) is 2. The summed E-state index contributed by atoms with van der Waals surface area (Å²) in [7, 11) is 0. The van der Waals surface area contributed by atoms with Crippen LogP contribution in [-0.2, 0) is 10.3 Å². The number of aliphatic carboxylic acids is 1. The zero-order valence-corrected chi connectivity index (χ0v) is 11.3. The van der Waals surface area contributed by atoms with Gasteiger partial charge in [0.2, 0.25) is 0 Å². The first-order valence-electron chi connectivity index (χ1n) is 5.89. The molecule has 3 nitrogen and oxygen atoms in total. The molecule has 0 aliphatic rings. The van der Waals surface area contributed by atoms with Crippen molar-refractivity contribution in [2.75, 3.05) is 0 Å². The zero-order chi connectivity index (χ0) is 14.8. The summed E-state index contributed by atoms with van der Waals surface area (Å²) in [5.74, 6) is 0.351. The molecule has 0 aromatic heterocycles. The van der Waals surface area contributed by atoms with E-state index in [2.05, 4.69) is 5.92 Å². The number of halogens is 1. The number of terminal acetylenes is 1. The molecule has 0 amide bonds. The number of rotatable bonds is 3. The monoisotopic (exact) mass is 263 g/mol. The van der Waals surface area contributed by atoms with Gasteiger partial charge in [-0.05, 0) is 24.0 Å². The van der Waals surface area contributed by atoms with Gasteiger partial charge in [0, 0.05) is 11.1 Å². The van der Waals surface area contributed by atoms with Crippen molar-refractivity contribution in [3.05, 3.63) is 35.1 Å². The highest BCUT2D eigenvalue weighted by Crippen LogP contribution is 2.34. The smallest absolute Gasteiger partial charge is 0.328 e. The minimum Gasteiger partial charge on any atom is -0.480 e. The van der Waals surface area contributed by atoms with Crippen LogP contribution in [0.2, 0.25) is 0 Å². The Labute approximate surface area is 112 Å². The Bertz CT molecular complexity index is 540. The van der Waals surface area contributed by atoms with Gasteiger partial charge in [-0.1, -0.05) is 32.8 Å². The summed E-state index contributed by atoms with van der Waals surface area (Å²) in [6, 6.07) is 3.97. The quantitative estimate of drug-likeness (QED) is 0.823. The van der Waals surface area contributed by atoms with Gasteiger partial charge in [-0.3, -0.25) is 0 Å². The van der Waals surface area contributed by atoms with Crippen molar-refractivity contribution in [1.82, 2.24) is 0 Å². The minimum absolute atomic E-state index is 0.0473. The molecule has 0 aliphatic heterocycles. The summed E-state index contributed by atoms with van der Waals surface area (Å²) in [5.41, 5.74) is 4.13. The van der Waals surface area contributed by atoms with E-state index in [1.165, 1.54) is 12.1 Å². The van der Waals surface area contributed by atoms with E-state index in [9.17, 15) is 14.3 Å².